The Labute approximate surface area is 103 Å². The predicted octanol–water partition coefficient (Wildman–Crippen LogP) is 3.11. The highest BCUT2D eigenvalue weighted by molar-refractivity contribution is 5.76. The van der Waals surface area contributed by atoms with Crippen LogP contribution in [0.4, 0.5) is 0 Å². The van der Waals surface area contributed by atoms with E-state index in [1.807, 2.05) is 51.1 Å². The number of hydrogen-bond acceptors (Lipinski definition) is 3. The van der Waals surface area contributed by atoms with E-state index < -0.39 is 6.10 Å². The fraction of sp³-hybridized carbons (Fsp3) is 0.500. The molecular weight excluding hydrogens is 216 g/mol. The summed E-state index contributed by atoms with van der Waals surface area (Å²) in [6, 6.07) is 9.43. The first-order chi connectivity index (χ1) is 8.19. The Balaban J connectivity index is 2.75. The van der Waals surface area contributed by atoms with Crippen molar-refractivity contribution in [1.29, 1.82) is 0 Å². The lowest BCUT2D eigenvalue weighted by Gasteiger charge is -2.19. The van der Waals surface area contributed by atoms with E-state index in [1.54, 1.807) is 0 Å². The van der Waals surface area contributed by atoms with Crippen molar-refractivity contribution in [3.8, 4) is 0 Å². The van der Waals surface area contributed by atoms with Crippen LogP contribution in [0, 0.1) is 0 Å². The van der Waals surface area contributed by atoms with Gasteiger partial charge in [0.2, 0.25) is 0 Å². The highest BCUT2D eigenvalue weighted by atomic mass is 16.6. The second-order valence-electron chi connectivity index (χ2n) is 3.90. The number of hydrogen-bond donors (Lipinski definition) is 0. The molecule has 0 aliphatic carbocycles. The third-order valence-corrected chi connectivity index (χ3v) is 2.54. The molecule has 0 saturated carbocycles. The van der Waals surface area contributed by atoms with Crippen LogP contribution in [0.1, 0.15) is 38.9 Å². The van der Waals surface area contributed by atoms with Crippen molar-refractivity contribution in [3.05, 3.63) is 35.9 Å². The van der Waals surface area contributed by atoms with Crippen LogP contribution in [0.3, 0.4) is 0 Å². The van der Waals surface area contributed by atoms with Crippen LogP contribution < -0.4 is 0 Å². The second kappa shape index (κ2) is 7.07. The molecule has 0 aliphatic rings. The second-order valence-corrected chi connectivity index (χ2v) is 3.90. The van der Waals surface area contributed by atoms with Gasteiger partial charge in [0.1, 0.15) is 0 Å². The lowest BCUT2D eigenvalue weighted by atomic mass is 10.1. The highest BCUT2D eigenvalue weighted by Gasteiger charge is 2.23. The quantitative estimate of drug-likeness (QED) is 0.712. The van der Waals surface area contributed by atoms with Gasteiger partial charge in [-0.25, -0.2) is 4.79 Å². The van der Waals surface area contributed by atoms with E-state index in [4.69, 9.17) is 9.47 Å². The summed E-state index contributed by atoms with van der Waals surface area (Å²) in [6.45, 7) is 6.21. The number of carbonyl (C=O) groups is 1. The molecule has 3 nitrogen and oxygen atoms in total. The highest BCUT2D eigenvalue weighted by Crippen LogP contribution is 2.19. The average Bonchev–Trinajstić information content (AvgIpc) is 2.36. The van der Waals surface area contributed by atoms with Crippen molar-refractivity contribution in [2.24, 2.45) is 0 Å². The molecule has 0 bridgehead atoms. The van der Waals surface area contributed by atoms with E-state index in [2.05, 4.69) is 0 Å². The van der Waals surface area contributed by atoms with Crippen molar-refractivity contribution in [2.75, 3.05) is 6.61 Å². The fourth-order valence-electron chi connectivity index (χ4n) is 1.44. The van der Waals surface area contributed by atoms with E-state index in [1.165, 1.54) is 0 Å². The van der Waals surface area contributed by atoms with Crippen molar-refractivity contribution < 1.29 is 14.3 Å². The van der Waals surface area contributed by atoms with Gasteiger partial charge in [-0.2, -0.15) is 0 Å². The van der Waals surface area contributed by atoms with E-state index in [-0.39, 0.29) is 12.1 Å². The Morgan fingerprint density at radius 1 is 1.24 bits per heavy atom. The Bertz CT molecular complexity index is 335. The van der Waals surface area contributed by atoms with Crippen LogP contribution in [0.25, 0.3) is 0 Å². The lowest BCUT2D eigenvalue weighted by molar-refractivity contribution is -0.162. The summed E-state index contributed by atoms with van der Waals surface area (Å²) in [5.41, 5.74) is 0.836. The molecule has 0 amide bonds. The maximum atomic E-state index is 12.0. The van der Waals surface area contributed by atoms with Crippen molar-refractivity contribution in [1.82, 2.24) is 0 Å². The van der Waals surface area contributed by atoms with Gasteiger partial charge in [0, 0.05) is 6.61 Å². The Morgan fingerprint density at radius 3 is 2.41 bits per heavy atom. The fourth-order valence-corrected chi connectivity index (χ4v) is 1.44. The van der Waals surface area contributed by atoms with Gasteiger partial charge in [-0.05, 0) is 25.8 Å². The normalized spacial score (nSPS) is 14.1. The van der Waals surface area contributed by atoms with Crippen LogP contribution in [0.15, 0.2) is 30.3 Å². The monoisotopic (exact) mass is 236 g/mol. The van der Waals surface area contributed by atoms with Crippen LogP contribution >= 0.6 is 0 Å². The first kappa shape index (κ1) is 13.7. The number of carbonyl (C=O) groups excluding carboxylic acids is 1. The van der Waals surface area contributed by atoms with Gasteiger partial charge in [0.15, 0.2) is 6.10 Å². The topological polar surface area (TPSA) is 35.5 Å². The SMILES string of the molecule is CCOC(C(=O)OC(C)CC)c1ccccc1. The number of rotatable bonds is 6. The maximum Gasteiger partial charge on any atom is 0.340 e. The summed E-state index contributed by atoms with van der Waals surface area (Å²) in [6.07, 6.45) is 0.115. The van der Waals surface area contributed by atoms with Gasteiger partial charge < -0.3 is 9.47 Å². The molecule has 2 atom stereocenters. The van der Waals surface area contributed by atoms with Crippen LogP contribution in [-0.2, 0) is 14.3 Å². The third kappa shape index (κ3) is 4.19. The molecule has 0 aromatic heterocycles. The minimum absolute atomic E-state index is 0.0748. The molecule has 0 aliphatic heterocycles. The van der Waals surface area contributed by atoms with Gasteiger partial charge in [-0.3, -0.25) is 0 Å². The molecule has 0 saturated heterocycles. The summed E-state index contributed by atoms with van der Waals surface area (Å²) in [7, 11) is 0. The molecule has 0 spiro atoms. The number of benzene rings is 1. The van der Waals surface area contributed by atoms with Gasteiger partial charge in [-0.1, -0.05) is 37.3 Å². The summed E-state index contributed by atoms with van der Waals surface area (Å²) < 4.78 is 10.8. The number of ether oxygens (including phenoxy) is 2. The lowest BCUT2D eigenvalue weighted by Crippen LogP contribution is -2.23. The summed E-state index contributed by atoms with van der Waals surface area (Å²) >= 11 is 0. The predicted molar refractivity (Wildman–Crippen MR) is 66.7 cm³/mol. The zero-order valence-electron chi connectivity index (χ0n) is 10.7. The van der Waals surface area contributed by atoms with Crippen molar-refractivity contribution >= 4 is 5.97 Å². The molecule has 1 rings (SSSR count). The molecular formula is C14H20O3. The van der Waals surface area contributed by atoms with Gasteiger partial charge in [-0.15, -0.1) is 0 Å². The molecule has 17 heavy (non-hydrogen) atoms. The molecule has 1 aromatic carbocycles. The van der Waals surface area contributed by atoms with E-state index in [9.17, 15) is 4.79 Å². The zero-order valence-corrected chi connectivity index (χ0v) is 10.7. The molecule has 0 N–H and O–H groups in total. The van der Waals surface area contributed by atoms with Crippen LogP contribution in [0.5, 0.6) is 0 Å². The number of esters is 1. The maximum absolute atomic E-state index is 12.0. The Morgan fingerprint density at radius 2 is 1.88 bits per heavy atom. The van der Waals surface area contributed by atoms with E-state index in [0.717, 1.165) is 12.0 Å². The standard InChI is InChI=1S/C14H20O3/c1-4-11(3)17-14(15)13(16-5-2)12-9-7-6-8-10-12/h6-11,13H,4-5H2,1-3H3. The molecule has 0 heterocycles. The molecule has 3 heteroatoms. The zero-order chi connectivity index (χ0) is 12.7. The van der Waals surface area contributed by atoms with Gasteiger partial charge >= 0.3 is 5.97 Å². The van der Waals surface area contributed by atoms with Crippen LogP contribution in [0.2, 0.25) is 0 Å². The van der Waals surface area contributed by atoms with Gasteiger partial charge in [0.25, 0.3) is 0 Å². The first-order valence-electron chi connectivity index (χ1n) is 6.06. The Kier molecular flexibility index (Phi) is 5.70. The summed E-state index contributed by atoms with van der Waals surface area (Å²) in [5, 5.41) is 0. The summed E-state index contributed by atoms with van der Waals surface area (Å²) in [4.78, 5) is 12.0. The third-order valence-electron chi connectivity index (χ3n) is 2.54. The largest absolute Gasteiger partial charge is 0.461 e. The first-order valence-corrected chi connectivity index (χ1v) is 6.06. The Hall–Kier alpha value is -1.35. The van der Waals surface area contributed by atoms with E-state index >= 15 is 0 Å². The minimum atomic E-state index is -0.616. The average molecular weight is 236 g/mol. The molecule has 0 radical (unpaired) electrons. The van der Waals surface area contributed by atoms with E-state index in [0.29, 0.717) is 6.61 Å². The van der Waals surface area contributed by atoms with Gasteiger partial charge in [0.05, 0.1) is 6.10 Å². The molecule has 2 unspecified atom stereocenters. The molecule has 0 fully saturated rings. The molecule has 94 valence electrons. The van der Waals surface area contributed by atoms with Crippen LogP contribution in [-0.4, -0.2) is 18.7 Å². The minimum Gasteiger partial charge on any atom is -0.461 e. The molecule has 1 aromatic rings. The smallest absolute Gasteiger partial charge is 0.340 e. The van der Waals surface area contributed by atoms with Crippen molar-refractivity contribution in [3.63, 3.8) is 0 Å². The van der Waals surface area contributed by atoms with Crippen molar-refractivity contribution in [2.45, 2.75) is 39.4 Å². The summed E-state index contributed by atoms with van der Waals surface area (Å²) in [5.74, 6) is -0.313.